The molecule has 14 aliphatic carbocycles. The second kappa shape index (κ2) is 24.6. The van der Waals surface area contributed by atoms with Gasteiger partial charge in [0.05, 0.1) is 25.4 Å². The Morgan fingerprint density at radius 3 is 2.48 bits per heavy atom. The highest BCUT2D eigenvalue weighted by molar-refractivity contribution is 5.91. The Bertz CT molecular complexity index is 5030. The minimum Gasteiger partial charge on any atom is -0.483 e. The molecule has 530 valence electrons. The SMILES string of the molecule is COC[C@@H](CCO)c1c(CO)c2ccc3c(c2oc1=O)[C@H]1OC(=O)C[C@H]2C[C@H]4C=C[C@@H]2c2ccc5c(c2)[C@@H]2C[C@@H]6[C@H]7C8=Cc9ccccc9[C@H]7C[C@@H]6[C@](C)(O3)[C@H]1OC(=O)/C(=C(/C)CO)C[C@H]5[C@H](C2)[C@]1(CCC[C@H]1C#C8)c1ccc(cc1)Cc1ccc2c(c1)[C@]13c5cccc4c5CC[C@H]1CCC[C@@H]3C=C2. The van der Waals surface area contributed by atoms with Gasteiger partial charge in [-0.05, 0) is 246 Å². The lowest BCUT2D eigenvalue weighted by Gasteiger charge is -2.55. The first-order chi connectivity index (χ1) is 50.8. The molecular weight excluding hydrogens is 1290 g/mol. The van der Waals surface area contributed by atoms with Crippen LogP contribution >= 0.6 is 0 Å². The normalized spacial score (nSPS) is 34.5. The third-order valence-corrected chi connectivity index (χ3v) is 29.5. The average Bonchev–Trinajstić information content (AvgIpc) is 0.757. The van der Waals surface area contributed by atoms with Crippen molar-refractivity contribution in [3.8, 4) is 17.6 Å². The minimum absolute atomic E-state index is 0.0165. The second-order valence-corrected chi connectivity index (χ2v) is 33.9. The highest BCUT2D eigenvalue weighted by atomic mass is 16.6. The Kier molecular flexibility index (Phi) is 15.4. The van der Waals surface area contributed by atoms with Gasteiger partial charge in [0.15, 0.2) is 17.8 Å². The zero-order valence-electron chi connectivity index (χ0n) is 59.8. The number of hydrogen-bond donors (Lipinski definition) is 3. The fourth-order valence-corrected chi connectivity index (χ4v) is 25.2. The van der Waals surface area contributed by atoms with Gasteiger partial charge in [-0.25, -0.2) is 9.59 Å². The van der Waals surface area contributed by atoms with Crippen LogP contribution in [0.15, 0.2) is 159 Å². The summed E-state index contributed by atoms with van der Waals surface area (Å²) in [6.07, 6.45) is 22.2. The van der Waals surface area contributed by atoms with Crippen LogP contribution < -0.4 is 10.4 Å². The molecule has 25 rings (SSSR count). The lowest BCUT2D eigenvalue weighted by Crippen LogP contribution is -2.59. The van der Waals surface area contributed by atoms with E-state index >= 15 is 14.4 Å². The summed E-state index contributed by atoms with van der Waals surface area (Å²) in [6, 6.07) is 44.2. The largest absolute Gasteiger partial charge is 0.483 e. The summed E-state index contributed by atoms with van der Waals surface area (Å²) >= 11 is 0. The van der Waals surface area contributed by atoms with Crippen LogP contribution in [0.3, 0.4) is 0 Å². The zero-order chi connectivity index (χ0) is 70.2. The lowest BCUT2D eigenvalue weighted by atomic mass is 9.48. The lowest BCUT2D eigenvalue weighted by molar-refractivity contribution is -0.202. The number of allylic oxidation sites excluding steroid dienone is 4. The molecule has 3 saturated carbocycles. The van der Waals surface area contributed by atoms with Gasteiger partial charge >= 0.3 is 17.6 Å². The maximum atomic E-state index is 16.9. The number of esters is 2. The number of aliphatic hydroxyl groups is 3. The van der Waals surface area contributed by atoms with Gasteiger partial charge in [-0.1, -0.05) is 152 Å². The van der Waals surface area contributed by atoms with Crippen molar-refractivity contribution in [3.63, 3.8) is 0 Å². The summed E-state index contributed by atoms with van der Waals surface area (Å²) in [5.74, 6) is 6.49. The summed E-state index contributed by atoms with van der Waals surface area (Å²) in [5.41, 5.74) is 17.0. The third kappa shape index (κ3) is 9.45. The molecule has 0 amide bonds. The van der Waals surface area contributed by atoms with E-state index in [4.69, 9.17) is 23.4 Å². The van der Waals surface area contributed by atoms with E-state index in [9.17, 15) is 15.3 Å². The van der Waals surface area contributed by atoms with Crippen LogP contribution in [-0.2, 0) is 54.1 Å². The molecule has 104 heavy (non-hydrogen) atoms. The first-order valence-corrected chi connectivity index (χ1v) is 39.2. The monoisotopic (exact) mass is 1380 g/mol. The Morgan fingerprint density at radius 2 is 1.62 bits per heavy atom. The van der Waals surface area contributed by atoms with Gasteiger partial charge in [-0.2, -0.15) is 0 Å². The van der Waals surface area contributed by atoms with Crippen LogP contribution in [0.4, 0.5) is 0 Å². The summed E-state index contributed by atoms with van der Waals surface area (Å²) in [4.78, 5) is 48.5. The number of methoxy groups -OCH3 is 1. The molecule has 7 aromatic rings. The van der Waals surface area contributed by atoms with E-state index in [1.807, 2.05) is 19.1 Å². The molecule has 5 heterocycles. The van der Waals surface area contributed by atoms with Crippen LogP contribution in [0.1, 0.15) is 234 Å². The Labute approximate surface area is 608 Å². The van der Waals surface area contributed by atoms with Crippen molar-refractivity contribution in [2.75, 3.05) is 26.9 Å². The summed E-state index contributed by atoms with van der Waals surface area (Å²) in [5, 5.41) is 34.1. The average molecular weight is 1390 g/mol. The van der Waals surface area contributed by atoms with Gasteiger partial charge in [0.25, 0.3) is 0 Å². The van der Waals surface area contributed by atoms with Crippen molar-refractivity contribution in [2.24, 2.45) is 47.3 Å². The van der Waals surface area contributed by atoms with E-state index in [1.165, 1.54) is 86.7 Å². The first kappa shape index (κ1) is 65.2. The van der Waals surface area contributed by atoms with E-state index in [-0.39, 0.29) is 120 Å². The molecule has 1 saturated heterocycles. The van der Waals surface area contributed by atoms with Gasteiger partial charge in [0.1, 0.15) is 11.3 Å². The molecular formula is C93H92O11. The molecule has 0 radical (unpaired) electrons. The predicted molar refractivity (Wildman–Crippen MR) is 399 cm³/mol. The van der Waals surface area contributed by atoms with Crippen molar-refractivity contribution < 1.29 is 48.3 Å². The van der Waals surface area contributed by atoms with Gasteiger partial charge in [0, 0.05) is 88.6 Å². The summed E-state index contributed by atoms with van der Waals surface area (Å²) in [6.45, 7) is 2.82. The third-order valence-electron chi connectivity index (χ3n) is 29.5. The summed E-state index contributed by atoms with van der Waals surface area (Å²) < 4.78 is 35.3. The smallest absolute Gasteiger partial charge is 0.340 e. The molecule has 4 fully saturated rings. The van der Waals surface area contributed by atoms with Crippen molar-refractivity contribution in [1.29, 1.82) is 0 Å². The Hall–Kier alpha value is -8.37. The van der Waals surface area contributed by atoms with Gasteiger partial charge < -0.3 is 38.7 Å². The molecule has 19 atom stereocenters. The van der Waals surface area contributed by atoms with E-state index in [0.29, 0.717) is 52.5 Å². The van der Waals surface area contributed by atoms with Gasteiger partial charge in [0.2, 0.25) is 0 Å². The predicted octanol–water partition coefficient (Wildman–Crippen LogP) is 16.6. The van der Waals surface area contributed by atoms with Crippen LogP contribution in [-0.4, -0.2) is 65.9 Å². The highest BCUT2D eigenvalue weighted by Gasteiger charge is 2.65. The molecule has 11 heteroatoms. The topological polar surface area (TPSA) is 162 Å². The standard InChI is InChI=1S/C93H92O11/c1-50(47-95)71-45-73-68-30-23-56-41-72(68)60-42-75-79-46-74-67-13-5-4-9-54(67)39-57(83(74)75)21-26-61-12-8-35-92(61,80(73)43-60)62-24-17-51(18-25-62)37-52-16-19-53-20-27-63-10-6-11-64-28-31-69-66(14-7-15-77(69)93(63,64)78(53)38-52)55-22-29-65(56)59(40-55)44-82(97)101-87-85-81(104-91(79,2)88(87)103-89(71)98)33-32-70-76(48-96)84(90(99)102-86(70)85)58(34-36-94)49-100-3/h4-5,7,9,13-20,22-25,27,29-30,32-33,38-39,41,55,58-61,63-65,73-75,79-80,83,87-88,94-96H,6,8,10-12,28,31,34-37,40,42-49H2,1-3H3/b71-50-/t55-,58-,59-,60-,61+,63-,64-,65-,73-,74-,75+,79+,80+,83+,87-,88+,91+,92+,93+/m1/s1. The van der Waals surface area contributed by atoms with E-state index in [0.717, 1.165) is 68.9 Å². The van der Waals surface area contributed by atoms with Crippen LogP contribution in [0.2, 0.25) is 0 Å². The minimum atomic E-state index is -1.45. The van der Waals surface area contributed by atoms with Crippen LogP contribution in [0.25, 0.3) is 23.1 Å². The van der Waals surface area contributed by atoms with Crippen molar-refractivity contribution in [3.05, 3.63) is 250 Å². The number of rotatable bonds is 7. The number of benzene rings is 6. The maximum absolute atomic E-state index is 16.9. The number of carbonyl (C=O) groups is 2. The number of fused-ring (bicyclic) bond motifs is 9. The van der Waals surface area contributed by atoms with Gasteiger partial charge in [-0.15, -0.1) is 0 Å². The molecule has 2 spiro atoms. The Morgan fingerprint density at radius 1 is 0.760 bits per heavy atom. The van der Waals surface area contributed by atoms with Crippen LogP contribution in [0, 0.1) is 59.2 Å². The molecule has 0 unspecified atom stereocenters. The number of hydrogen-bond acceptors (Lipinski definition) is 11. The number of aliphatic hydroxyl groups excluding tert-OH is 3. The van der Waals surface area contributed by atoms with E-state index in [1.54, 1.807) is 0 Å². The molecule has 1 aromatic heterocycles. The maximum Gasteiger partial charge on any atom is 0.340 e. The molecule has 6 aromatic carbocycles. The number of ether oxygens (including phenoxy) is 4. The van der Waals surface area contributed by atoms with Crippen molar-refractivity contribution >= 4 is 35.1 Å². The molecule has 4 aliphatic heterocycles. The quantitative estimate of drug-likeness (QED) is 0.0458. The van der Waals surface area contributed by atoms with Crippen LogP contribution in [0.5, 0.6) is 5.75 Å². The molecule has 21 bridgehead atoms. The fraction of sp³-hybridized carbons (Fsp3) is 0.452. The van der Waals surface area contributed by atoms with E-state index in [2.05, 4.69) is 152 Å². The second-order valence-electron chi connectivity index (χ2n) is 33.9. The first-order valence-electron chi connectivity index (χ1n) is 39.2. The molecule has 18 aliphatic rings. The Balaban J connectivity index is 0.884. The van der Waals surface area contributed by atoms with E-state index < -0.39 is 59.9 Å². The zero-order valence-corrected chi connectivity index (χ0v) is 59.8. The molecule has 11 nitrogen and oxygen atoms in total. The highest BCUT2D eigenvalue weighted by Crippen LogP contribution is 2.68. The number of carbonyl (C=O) groups excluding carboxylic acids is 2. The van der Waals surface area contributed by atoms with Crippen molar-refractivity contribution in [2.45, 2.75) is 187 Å². The van der Waals surface area contributed by atoms with Crippen molar-refractivity contribution in [1.82, 2.24) is 0 Å². The molecule has 3 N–H and O–H groups in total. The fourth-order valence-electron chi connectivity index (χ4n) is 25.2. The van der Waals surface area contributed by atoms with Gasteiger partial charge in [-0.3, -0.25) is 4.79 Å². The summed E-state index contributed by atoms with van der Waals surface area (Å²) in [7, 11) is 1.54.